The fourth-order valence-corrected chi connectivity index (χ4v) is 3.78. The molecule has 3 aromatic rings. The average molecular weight is 368 g/mol. The van der Waals surface area contributed by atoms with Crippen molar-refractivity contribution in [2.45, 2.75) is 6.54 Å². The summed E-state index contributed by atoms with van der Waals surface area (Å²) in [6.07, 6.45) is 1.77. The predicted molar refractivity (Wildman–Crippen MR) is 99.0 cm³/mol. The van der Waals surface area contributed by atoms with Crippen molar-refractivity contribution in [3.05, 3.63) is 59.4 Å². The molecule has 26 heavy (non-hydrogen) atoms. The zero-order valence-corrected chi connectivity index (χ0v) is 14.9. The lowest BCUT2D eigenvalue weighted by Crippen LogP contribution is -2.16. The lowest BCUT2D eigenvalue weighted by atomic mass is 10.2. The summed E-state index contributed by atoms with van der Waals surface area (Å²) in [4.78, 5) is 17.5. The van der Waals surface area contributed by atoms with Crippen LogP contribution < -0.4 is 19.0 Å². The van der Waals surface area contributed by atoms with E-state index in [0.717, 1.165) is 10.2 Å². The number of carbonyl (C=O) groups excluding carboxylic acids is 1. The lowest BCUT2D eigenvalue weighted by Gasteiger charge is -2.02. The molecule has 0 aliphatic carbocycles. The van der Waals surface area contributed by atoms with Gasteiger partial charge in [-0.05, 0) is 24.3 Å². The molecule has 0 saturated heterocycles. The maximum atomic E-state index is 12.6. The SMILES string of the molecule is C=CCn1c(=NC(=O)c2ccc(OC)cc2)sc2cc3c(cc21)OCO3. The molecule has 1 aliphatic heterocycles. The standard InChI is InChI=1S/C19H16N2O4S/c1-3-8-21-14-9-15-16(25-11-24-15)10-17(14)26-19(21)20-18(22)12-4-6-13(23-2)7-5-12/h3-7,9-10H,1,8,11H2,2H3. The highest BCUT2D eigenvalue weighted by Gasteiger charge is 2.17. The van der Waals surface area contributed by atoms with Crippen LogP contribution in [-0.4, -0.2) is 24.4 Å². The Balaban J connectivity index is 1.81. The van der Waals surface area contributed by atoms with Gasteiger partial charge in [0.2, 0.25) is 6.79 Å². The minimum atomic E-state index is -0.308. The molecule has 7 heteroatoms. The highest BCUT2D eigenvalue weighted by atomic mass is 32.1. The number of hydrogen-bond acceptors (Lipinski definition) is 5. The summed E-state index contributed by atoms with van der Waals surface area (Å²) in [7, 11) is 1.58. The molecule has 0 bridgehead atoms. The molecule has 0 N–H and O–H groups in total. The zero-order valence-electron chi connectivity index (χ0n) is 14.1. The molecule has 1 amide bonds. The van der Waals surface area contributed by atoms with Crippen molar-refractivity contribution in [2.24, 2.45) is 4.99 Å². The van der Waals surface area contributed by atoms with Gasteiger partial charge in [-0.15, -0.1) is 6.58 Å². The third-order valence-corrected chi connectivity index (χ3v) is 5.06. The van der Waals surface area contributed by atoms with Crippen molar-refractivity contribution in [2.75, 3.05) is 13.9 Å². The van der Waals surface area contributed by atoms with Crippen LogP contribution in [0.15, 0.2) is 54.0 Å². The normalized spacial score (nSPS) is 13.2. The highest BCUT2D eigenvalue weighted by Crippen LogP contribution is 2.37. The fraction of sp³-hybridized carbons (Fsp3) is 0.158. The van der Waals surface area contributed by atoms with Crippen molar-refractivity contribution in [1.82, 2.24) is 4.57 Å². The van der Waals surface area contributed by atoms with Crippen LogP contribution in [0.25, 0.3) is 10.2 Å². The van der Waals surface area contributed by atoms with Crippen LogP contribution in [-0.2, 0) is 6.54 Å². The molecular weight excluding hydrogens is 352 g/mol. The molecule has 132 valence electrons. The summed E-state index contributed by atoms with van der Waals surface area (Å²) < 4.78 is 18.9. The van der Waals surface area contributed by atoms with Crippen LogP contribution in [0.4, 0.5) is 0 Å². The summed E-state index contributed by atoms with van der Waals surface area (Å²) >= 11 is 1.43. The second-order valence-corrected chi connectivity index (χ2v) is 6.61. The number of carbonyl (C=O) groups is 1. The molecule has 4 rings (SSSR count). The molecule has 6 nitrogen and oxygen atoms in total. The van der Waals surface area contributed by atoms with Crippen LogP contribution in [0.2, 0.25) is 0 Å². The monoisotopic (exact) mass is 368 g/mol. The molecule has 0 radical (unpaired) electrons. The van der Waals surface area contributed by atoms with Gasteiger partial charge < -0.3 is 18.8 Å². The number of benzene rings is 2. The maximum Gasteiger partial charge on any atom is 0.279 e. The Hall–Kier alpha value is -3.06. The first kappa shape index (κ1) is 16.4. The molecular formula is C19H16N2O4S. The Morgan fingerprint density at radius 2 is 2.04 bits per heavy atom. The van der Waals surface area contributed by atoms with E-state index in [1.807, 2.05) is 16.7 Å². The minimum Gasteiger partial charge on any atom is -0.497 e. The molecule has 0 fully saturated rings. The molecule has 1 aromatic heterocycles. The summed E-state index contributed by atoms with van der Waals surface area (Å²) in [6.45, 7) is 4.56. The van der Waals surface area contributed by atoms with Crippen molar-refractivity contribution in [3.8, 4) is 17.2 Å². The van der Waals surface area contributed by atoms with Crippen molar-refractivity contribution in [1.29, 1.82) is 0 Å². The second-order valence-electron chi connectivity index (χ2n) is 5.60. The molecule has 1 aliphatic rings. The van der Waals surface area contributed by atoms with Gasteiger partial charge in [-0.1, -0.05) is 17.4 Å². The van der Waals surface area contributed by atoms with E-state index in [-0.39, 0.29) is 12.7 Å². The number of amides is 1. The lowest BCUT2D eigenvalue weighted by molar-refractivity contribution is 0.0998. The van der Waals surface area contributed by atoms with Crippen molar-refractivity contribution >= 4 is 27.5 Å². The van der Waals surface area contributed by atoms with E-state index >= 15 is 0 Å². The second kappa shape index (κ2) is 6.68. The summed E-state index contributed by atoms with van der Waals surface area (Å²) in [6, 6.07) is 10.7. The summed E-state index contributed by atoms with van der Waals surface area (Å²) in [5.41, 5.74) is 1.43. The van der Waals surface area contributed by atoms with Gasteiger partial charge in [0, 0.05) is 24.2 Å². The molecule has 0 unspecified atom stereocenters. The van der Waals surface area contributed by atoms with E-state index in [1.165, 1.54) is 11.3 Å². The van der Waals surface area contributed by atoms with Crippen LogP contribution in [0.1, 0.15) is 10.4 Å². The average Bonchev–Trinajstić information content (AvgIpc) is 3.24. The summed E-state index contributed by atoms with van der Waals surface area (Å²) in [5.74, 6) is 1.79. The van der Waals surface area contributed by atoms with Crippen molar-refractivity contribution < 1.29 is 19.0 Å². The number of rotatable bonds is 4. The van der Waals surface area contributed by atoms with Crippen LogP contribution >= 0.6 is 11.3 Å². The first-order chi connectivity index (χ1) is 12.7. The van der Waals surface area contributed by atoms with Gasteiger partial charge in [-0.25, -0.2) is 0 Å². The molecule has 0 spiro atoms. The number of aromatic nitrogens is 1. The van der Waals surface area contributed by atoms with Crippen LogP contribution in [0, 0.1) is 0 Å². The van der Waals surface area contributed by atoms with Gasteiger partial charge >= 0.3 is 0 Å². The van der Waals surface area contributed by atoms with Gasteiger partial charge in [0.25, 0.3) is 5.91 Å². The number of fused-ring (bicyclic) bond motifs is 2. The van der Waals surface area contributed by atoms with Gasteiger partial charge in [-0.2, -0.15) is 4.99 Å². The van der Waals surface area contributed by atoms with E-state index < -0.39 is 0 Å². The number of ether oxygens (including phenoxy) is 3. The van der Waals surface area contributed by atoms with Crippen LogP contribution in [0.3, 0.4) is 0 Å². The first-order valence-corrected chi connectivity index (χ1v) is 8.78. The zero-order chi connectivity index (χ0) is 18.1. The van der Waals surface area contributed by atoms with Crippen LogP contribution in [0.5, 0.6) is 17.2 Å². The number of allylic oxidation sites excluding steroid dienone is 1. The predicted octanol–water partition coefficient (Wildman–Crippen LogP) is 3.37. The highest BCUT2D eigenvalue weighted by molar-refractivity contribution is 7.16. The Labute approximate surface area is 153 Å². The molecule has 2 heterocycles. The van der Waals surface area contributed by atoms with Gasteiger partial charge in [0.05, 0.1) is 17.3 Å². The van der Waals surface area contributed by atoms with E-state index in [2.05, 4.69) is 11.6 Å². The van der Waals surface area contributed by atoms with E-state index in [9.17, 15) is 4.79 Å². The molecule has 0 saturated carbocycles. The Morgan fingerprint density at radius 3 is 2.73 bits per heavy atom. The van der Waals surface area contributed by atoms with E-state index in [0.29, 0.717) is 34.2 Å². The third kappa shape index (κ3) is 2.86. The van der Waals surface area contributed by atoms with Crippen molar-refractivity contribution in [3.63, 3.8) is 0 Å². The smallest absolute Gasteiger partial charge is 0.279 e. The third-order valence-electron chi connectivity index (χ3n) is 4.02. The Bertz CT molecular complexity index is 1060. The molecule has 2 aromatic carbocycles. The molecule has 0 atom stereocenters. The topological polar surface area (TPSA) is 62.1 Å². The van der Waals surface area contributed by atoms with E-state index in [1.54, 1.807) is 37.5 Å². The Morgan fingerprint density at radius 1 is 1.31 bits per heavy atom. The van der Waals surface area contributed by atoms with Gasteiger partial charge in [0.15, 0.2) is 16.3 Å². The fourth-order valence-electron chi connectivity index (χ4n) is 2.74. The van der Waals surface area contributed by atoms with Gasteiger partial charge in [0.1, 0.15) is 5.75 Å². The Kier molecular flexibility index (Phi) is 4.22. The number of hydrogen-bond donors (Lipinski definition) is 0. The summed E-state index contributed by atoms with van der Waals surface area (Å²) in [5, 5.41) is 0. The number of nitrogens with zero attached hydrogens (tertiary/aromatic N) is 2. The first-order valence-electron chi connectivity index (χ1n) is 7.96. The number of thiazole rings is 1. The van der Waals surface area contributed by atoms with Gasteiger partial charge in [-0.3, -0.25) is 4.79 Å². The largest absolute Gasteiger partial charge is 0.497 e. The number of methoxy groups -OCH3 is 1. The van der Waals surface area contributed by atoms with E-state index in [4.69, 9.17) is 14.2 Å². The minimum absolute atomic E-state index is 0.223. The quantitative estimate of drug-likeness (QED) is 0.663. The maximum absolute atomic E-state index is 12.6.